The lowest BCUT2D eigenvalue weighted by Gasteiger charge is -2.13. The Bertz CT molecular complexity index is 962. The number of hydrogen-bond acceptors (Lipinski definition) is 4. The highest BCUT2D eigenvalue weighted by atomic mass is 16.5. The lowest BCUT2D eigenvalue weighted by molar-refractivity contribution is 0.261. The number of ether oxygens (including phenoxy) is 1. The Hall–Kier alpha value is -2.99. The van der Waals surface area contributed by atoms with E-state index in [-0.39, 0.29) is 0 Å². The minimum absolute atomic E-state index is 0.577. The van der Waals surface area contributed by atoms with E-state index in [0.29, 0.717) is 19.7 Å². The Morgan fingerprint density at radius 3 is 2.62 bits per heavy atom. The first kappa shape index (κ1) is 20.7. The van der Waals surface area contributed by atoms with Crippen molar-refractivity contribution < 1.29 is 9.15 Å². The summed E-state index contributed by atoms with van der Waals surface area (Å²) in [6.45, 7) is 4.88. The van der Waals surface area contributed by atoms with E-state index in [4.69, 9.17) is 9.15 Å². The summed E-state index contributed by atoms with van der Waals surface area (Å²) in [6, 6.07) is 16.2. The van der Waals surface area contributed by atoms with Crippen LogP contribution in [0.3, 0.4) is 0 Å². The fourth-order valence-electron chi connectivity index (χ4n) is 3.06. The molecule has 0 radical (unpaired) electrons. The molecule has 0 unspecified atom stereocenters. The first-order valence-corrected chi connectivity index (χ1v) is 9.85. The summed E-state index contributed by atoms with van der Waals surface area (Å²) < 4.78 is 11.8. The Labute approximate surface area is 172 Å². The molecule has 0 fully saturated rings. The third kappa shape index (κ3) is 5.74. The molecular formula is C23H30N4O2. The van der Waals surface area contributed by atoms with Gasteiger partial charge in [-0.15, -0.1) is 0 Å². The third-order valence-corrected chi connectivity index (χ3v) is 4.75. The molecule has 0 saturated heterocycles. The number of rotatable bonds is 8. The number of furan rings is 1. The zero-order valence-electron chi connectivity index (χ0n) is 17.7. The van der Waals surface area contributed by atoms with Crippen LogP contribution < -0.4 is 15.4 Å². The monoisotopic (exact) mass is 394 g/mol. The third-order valence-electron chi connectivity index (χ3n) is 4.75. The van der Waals surface area contributed by atoms with E-state index in [1.165, 1.54) is 0 Å². The lowest BCUT2D eigenvalue weighted by Crippen LogP contribution is -2.36. The molecule has 6 nitrogen and oxygen atoms in total. The topological polar surface area (TPSA) is 62.0 Å². The lowest BCUT2D eigenvalue weighted by atomic mass is 10.1. The summed E-state index contributed by atoms with van der Waals surface area (Å²) in [6.07, 6.45) is 0. The van der Waals surface area contributed by atoms with Crippen molar-refractivity contribution in [3.05, 3.63) is 65.4 Å². The number of aliphatic imine (C=N–C) groups is 1. The molecule has 0 saturated carbocycles. The van der Waals surface area contributed by atoms with E-state index in [1.807, 2.05) is 44.4 Å². The highest BCUT2D eigenvalue weighted by Crippen LogP contribution is 2.24. The second kappa shape index (κ2) is 9.98. The molecule has 0 atom stereocenters. The van der Waals surface area contributed by atoms with Gasteiger partial charge in [-0.25, -0.2) is 0 Å². The quantitative estimate of drug-likeness (QED) is 0.452. The van der Waals surface area contributed by atoms with Crippen LogP contribution in [-0.4, -0.2) is 45.2 Å². The van der Waals surface area contributed by atoms with Gasteiger partial charge in [0, 0.05) is 31.1 Å². The van der Waals surface area contributed by atoms with Crippen molar-refractivity contribution in [3.8, 4) is 5.75 Å². The summed E-state index contributed by atoms with van der Waals surface area (Å²) in [5.74, 6) is 2.53. The number of nitrogens with one attached hydrogen (secondary N) is 2. The van der Waals surface area contributed by atoms with Crippen molar-refractivity contribution in [2.24, 2.45) is 4.99 Å². The van der Waals surface area contributed by atoms with Gasteiger partial charge in [-0.2, -0.15) is 0 Å². The summed E-state index contributed by atoms with van der Waals surface area (Å²) in [7, 11) is 5.84. The number of likely N-dealkylation sites (N-methyl/N-ethyl adjacent to an activating group) is 1. The van der Waals surface area contributed by atoms with Crippen molar-refractivity contribution in [2.75, 3.05) is 34.3 Å². The van der Waals surface area contributed by atoms with Gasteiger partial charge in [0.25, 0.3) is 0 Å². The maximum atomic E-state index is 5.96. The highest BCUT2D eigenvalue weighted by molar-refractivity contribution is 5.82. The molecule has 2 N–H and O–H groups in total. The van der Waals surface area contributed by atoms with Crippen LogP contribution >= 0.6 is 0 Å². The molecule has 29 heavy (non-hydrogen) atoms. The Morgan fingerprint density at radius 1 is 1.07 bits per heavy atom. The van der Waals surface area contributed by atoms with Crippen molar-refractivity contribution >= 4 is 16.9 Å². The molecule has 3 rings (SSSR count). The molecule has 154 valence electrons. The van der Waals surface area contributed by atoms with Crippen LogP contribution in [0.4, 0.5) is 0 Å². The van der Waals surface area contributed by atoms with E-state index in [0.717, 1.165) is 46.1 Å². The highest BCUT2D eigenvalue weighted by Gasteiger charge is 2.10. The summed E-state index contributed by atoms with van der Waals surface area (Å²) >= 11 is 0. The van der Waals surface area contributed by atoms with Crippen LogP contribution in [0.25, 0.3) is 11.0 Å². The smallest absolute Gasteiger partial charge is 0.191 e. The summed E-state index contributed by atoms with van der Waals surface area (Å²) in [5, 5.41) is 7.82. The minimum Gasteiger partial charge on any atom is -0.492 e. The molecule has 0 amide bonds. The number of para-hydroxylation sites is 1. The summed E-state index contributed by atoms with van der Waals surface area (Å²) in [4.78, 5) is 6.41. The number of fused-ring (bicyclic) bond motifs is 1. The van der Waals surface area contributed by atoms with Gasteiger partial charge in [0.1, 0.15) is 23.7 Å². The SMILES string of the molecule is CN=C(NCc1cccc(OCCN(C)C)c1)NCc1oc2ccccc2c1C. The van der Waals surface area contributed by atoms with Crippen LogP contribution in [0.1, 0.15) is 16.9 Å². The molecule has 0 aliphatic rings. The second-order valence-corrected chi connectivity index (χ2v) is 7.22. The molecular weight excluding hydrogens is 364 g/mol. The zero-order chi connectivity index (χ0) is 20.6. The number of aryl methyl sites for hydroxylation is 1. The number of hydrogen-bond donors (Lipinski definition) is 2. The Balaban J connectivity index is 1.53. The molecule has 3 aromatic rings. The predicted molar refractivity (Wildman–Crippen MR) is 118 cm³/mol. The van der Waals surface area contributed by atoms with Crippen LogP contribution in [0.5, 0.6) is 5.75 Å². The number of guanidine groups is 1. The zero-order valence-corrected chi connectivity index (χ0v) is 17.7. The van der Waals surface area contributed by atoms with Crippen molar-refractivity contribution in [1.82, 2.24) is 15.5 Å². The van der Waals surface area contributed by atoms with Crippen LogP contribution in [0.15, 0.2) is 57.9 Å². The van der Waals surface area contributed by atoms with Crippen LogP contribution in [-0.2, 0) is 13.1 Å². The first-order valence-electron chi connectivity index (χ1n) is 9.85. The largest absolute Gasteiger partial charge is 0.492 e. The standard InChI is InChI=1S/C23H30N4O2/c1-17-20-10-5-6-11-21(20)29-22(17)16-26-23(24-2)25-15-18-8-7-9-19(14-18)28-13-12-27(3)4/h5-11,14H,12-13,15-16H2,1-4H3,(H2,24,25,26). The first-order chi connectivity index (χ1) is 14.1. The van der Waals surface area contributed by atoms with Gasteiger partial charge in [-0.3, -0.25) is 4.99 Å². The fraction of sp³-hybridized carbons (Fsp3) is 0.348. The predicted octanol–water partition coefficient (Wildman–Crippen LogP) is 3.55. The van der Waals surface area contributed by atoms with Crippen LogP contribution in [0, 0.1) is 6.92 Å². The molecule has 1 heterocycles. The van der Waals surface area contributed by atoms with Gasteiger partial charge in [0.05, 0.1) is 6.54 Å². The van der Waals surface area contributed by atoms with E-state index in [1.54, 1.807) is 7.05 Å². The molecule has 6 heteroatoms. The molecule has 0 aliphatic heterocycles. The molecule has 0 bridgehead atoms. The van der Waals surface area contributed by atoms with Crippen molar-refractivity contribution in [2.45, 2.75) is 20.0 Å². The summed E-state index contributed by atoms with van der Waals surface area (Å²) in [5.41, 5.74) is 3.21. The Kier molecular flexibility index (Phi) is 7.14. The van der Waals surface area contributed by atoms with Crippen molar-refractivity contribution in [3.63, 3.8) is 0 Å². The fourth-order valence-corrected chi connectivity index (χ4v) is 3.06. The van der Waals surface area contributed by atoms with E-state index in [2.05, 4.69) is 45.6 Å². The van der Waals surface area contributed by atoms with E-state index in [9.17, 15) is 0 Å². The van der Waals surface area contributed by atoms with E-state index < -0.39 is 0 Å². The number of benzene rings is 2. The minimum atomic E-state index is 0.577. The normalized spacial score (nSPS) is 11.8. The van der Waals surface area contributed by atoms with Gasteiger partial charge in [-0.1, -0.05) is 30.3 Å². The number of nitrogens with zero attached hydrogens (tertiary/aromatic N) is 2. The maximum absolute atomic E-state index is 5.96. The van der Waals surface area contributed by atoms with E-state index >= 15 is 0 Å². The van der Waals surface area contributed by atoms with Crippen molar-refractivity contribution in [1.29, 1.82) is 0 Å². The molecule has 1 aromatic heterocycles. The average molecular weight is 395 g/mol. The van der Waals surface area contributed by atoms with Gasteiger partial charge < -0.3 is 24.7 Å². The van der Waals surface area contributed by atoms with Crippen LogP contribution in [0.2, 0.25) is 0 Å². The van der Waals surface area contributed by atoms with Gasteiger partial charge in [0.15, 0.2) is 5.96 Å². The molecule has 0 aliphatic carbocycles. The average Bonchev–Trinajstić information content (AvgIpc) is 3.04. The Morgan fingerprint density at radius 2 is 1.86 bits per heavy atom. The second-order valence-electron chi connectivity index (χ2n) is 7.22. The maximum Gasteiger partial charge on any atom is 0.191 e. The van der Waals surface area contributed by atoms with Gasteiger partial charge in [0.2, 0.25) is 0 Å². The molecule has 0 spiro atoms. The van der Waals surface area contributed by atoms with Gasteiger partial charge in [-0.05, 0) is 44.8 Å². The molecule has 2 aromatic carbocycles. The van der Waals surface area contributed by atoms with Gasteiger partial charge >= 0.3 is 0 Å².